The van der Waals surface area contributed by atoms with Crippen LogP contribution in [0.15, 0.2) is 60.0 Å². The molecule has 3 aromatic rings. The van der Waals surface area contributed by atoms with E-state index in [2.05, 4.69) is 20.5 Å². The van der Waals surface area contributed by atoms with Crippen molar-refractivity contribution in [3.05, 3.63) is 71.5 Å². The van der Waals surface area contributed by atoms with E-state index in [1.807, 2.05) is 55.5 Å². The SMILES string of the molecule is Cc1ccc(OCCNC(=O)c2ccc(CSc3ncn[nH]3)cc2)cc1. The smallest absolute Gasteiger partial charge is 0.251 e. The van der Waals surface area contributed by atoms with Crippen LogP contribution in [0.3, 0.4) is 0 Å². The number of amides is 1. The monoisotopic (exact) mass is 368 g/mol. The lowest BCUT2D eigenvalue weighted by atomic mass is 10.1. The maximum Gasteiger partial charge on any atom is 0.251 e. The summed E-state index contributed by atoms with van der Waals surface area (Å²) in [6.07, 6.45) is 1.48. The second kappa shape index (κ2) is 9.05. The summed E-state index contributed by atoms with van der Waals surface area (Å²) in [5.41, 5.74) is 2.94. The average Bonchev–Trinajstić information content (AvgIpc) is 3.19. The van der Waals surface area contributed by atoms with Gasteiger partial charge in [-0.1, -0.05) is 41.6 Å². The summed E-state index contributed by atoms with van der Waals surface area (Å²) in [4.78, 5) is 16.2. The van der Waals surface area contributed by atoms with Gasteiger partial charge in [0, 0.05) is 11.3 Å². The van der Waals surface area contributed by atoms with E-state index in [4.69, 9.17) is 4.74 Å². The lowest BCUT2D eigenvalue weighted by Gasteiger charge is -2.08. The summed E-state index contributed by atoms with van der Waals surface area (Å²) in [5.74, 6) is 1.46. The molecule has 0 radical (unpaired) electrons. The molecule has 0 aliphatic carbocycles. The van der Waals surface area contributed by atoms with Crippen molar-refractivity contribution >= 4 is 17.7 Å². The number of aromatic amines is 1. The molecule has 0 saturated carbocycles. The van der Waals surface area contributed by atoms with Gasteiger partial charge < -0.3 is 10.1 Å². The van der Waals surface area contributed by atoms with Crippen LogP contribution in [0.4, 0.5) is 0 Å². The first-order valence-electron chi connectivity index (χ1n) is 8.25. The van der Waals surface area contributed by atoms with Crippen molar-refractivity contribution in [1.82, 2.24) is 20.5 Å². The molecule has 1 aromatic heterocycles. The summed E-state index contributed by atoms with van der Waals surface area (Å²) in [6.45, 7) is 2.92. The van der Waals surface area contributed by atoms with Gasteiger partial charge in [0.15, 0.2) is 5.16 Å². The average molecular weight is 368 g/mol. The Morgan fingerprint density at radius 2 is 1.92 bits per heavy atom. The molecule has 1 amide bonds. The Hall–Kier alpha value is -2.80. The minimum atomic E-state index is -0.105. The van der Waals surface area contributed by atoms with Gasteiger partial charge in [-0.3, -0.25) is 9.89 Å². The number of hydrogen-bond acceptors (Lipinski definition) is 5. The summed E-state index contributed by atoms with van der Waals surface area (Å²) in [6, 6.07) is 15.4. The van der Waals surface area contributed by atoms with E-state index in [0.717, 1.165) is 22.2 Å². The fourth-order valence-corrected chi connectivity index (χ4v) is 2.97. The second-order valence-electron chi connectivity index (χ2n) is 5.69. The number of carbonyl (C=O) groups excluding carboxylic acids is 1. The molecule has 3 rings (SSSR count). The van der Waals surface area contributed by atoms with E-state index in [0.29, 0.717) is 18.7 Å². The zero-order chi connectivity index (χ0) is 18.2. The number of aromatic nitrogens is 3. The van der Waals surface area contributed by atoms with Crippen molar-refractivity contribution in [1.29, 1.82) is 0 Å². The Labute approximate surface area is 156 Å². The Morgan fingerprint density at radius 3 is 2.62 bits per heavy atom. The number of benzene rings is 2. The predicted octanol–water partition coefficient (Wildman–Crippen LogP) is 3.21. The first kappa shape index (κ1) is 18.0. The minimum Gasteiger partial charge on any atom is -0.492 e. The molecule has 2 N–H and O–H groups in total. The molecule has 134 valence electrons. The van der Waals surface area contributed by atoms with Gasteiger partial charge in [-0.15, -0.1) is 0 Å². The van der Waals surface area contributed by atoms with Gasteiger partial charge in [0.25, 0.3) is 5.91 Å². The maximum absolute atomic E-state index is 12.2. The summed E-state index contributed by atoms with van der Waals surface area (Å²) in [5, 5.41) is 10.3. The van der Waals surface area contributed by atoms with Crippen molar-refractivity contribution in [3.63, 3.8) is 0 Å². The third kappa shape index (κ3) is 5.35. The molecule has 0 bridgehead atoms. The number of H-pyrrole nitrogens is 1. The molecular weight excluding hydrogens is 348 g/mol. The van der Waals surface area contributed by atoms with E-state index in [1.54, 1.807) is 11.8 Å². The number of ether oxygens (including phenoxy) is 1. The maximum atomic E-state index is 12.2. The highest BCUT2D eigenvalue weighted by Gasteiger charge is 2.05. The summed E-state index contributed by atoms with van der Waals surface area (Å²) < 4.78 is 5.60. The number of nitrogens with one attached hydrogen (secondary N) is 2. The van der Waals surface area contributed by atoms with Crippen molar-refractivity contribution in [2.45, 2.75) is 17.8 Å². The Bertz CT molecular complexity index is 818. The topological polar surface area (TPSA) is 79.9 Å². The van der Waals surface area contributed by atoms with Crippen LogP contribution in [0.25, 0.3) is 0 Å². The molecule has 6 nitrogen and oxygen atoms in total. The molecule has 7 heteroatoms. The van der Waals surface area contributed by atoms with Crippen LogP contribution in [-0.2, 0) is 5.75 Å². The fraction of sp³-hybridized carbons (Fsp3) is 0.211. The van der Waals surface area contributed by atoms with Gasteiger partial charge in [-0.2, -0.15) is 5.10 Å². The van der Waals surface area contributed by atoms with Crippen molar-refractivity contribution in [2.75, 3.05) is 13.2 Å². The summed E-state index contributed by atoms with van der Waals surface area (Å²) >= 11 is 1.56. The Balaban J connectivity index is 1.40. The van der Waals surface area contributed by atoms with Gasteiger partial charge in [0.2, 0.25) is 0 Å². The number of rotatable bonds is 8. The zero-order valence-electron chi connectivity index (χ0n) is 14.4. The van der Waals surface area contributed by atoms with E-state index in [1.165, 1.54) is 11.9 Å². The molecule has 0 unspecified atom stereocenters. The molecule has 1 heterocycles. The van der Waals surface area contributed by atoms with Crippen molar-refractivity contribution < 1.29 is 9.53 Å². The van der Waals surface area contributed by atoms with Crippen LogP contribution < -0.4 is 10.1 Å². The largest absolute Gasteiger partial charge is 0.492 e. The summed E-state index contributed by atoms with van der Waals surface area (Å²) in [7, 11) is 0. The highest BCUT2D eigenvalue weighted by atomic mass is 32.2. The lowest BCUT2D eigenvalue weighted by molar-refractivity contribution is 0.0947. The molecule has 26 heavy (non-hydrogen) atoms. The second-order valence-corrected chi connectivity index (χ2v) is 6.66. The van der Waals surface area contributed by atoms with Gasteiger partial charge in [0.05, 0.1) is 6.54 Å². The molecular formula is C19H20N4O2S. The predicted molar refractivity (Wildman–Crippen MR) is 101 cm³/mol. The van der Waals surface area contributed by atoms with Crippen LogP contribution in [0.2, 0.25) is 0 Å². The number of thioether (sulfide) groups is 1. The molecule has 0 atom stereocenters. The molecule has 2 aromatic carbocycles. The first-order chi connectivity index (χ1) is 12.7. The molecule has 0 aliphatic rings. The number of carbonyl (C=O) groups is 1. The highest BCUT2D eigenvalue weighted by molar-refractivity contribution is 7.98. The van der Waals surface area contributed by atoms with Gasteiger partial charge in [-0.25, -0.2) is 4.98 Å². The third-order valence-corrected chi connectivity index (χ3v) is 4.61. The van der Waals surface area contributed by atoms with Gasteiger partial charge in [-0.05, 0) is 36.8 Å². The zero-order valence-corrected chi connectivity index (χ0v) is 15.3. The Kier molecular flexibility index (Phi) is 6.27. The van der Waals surface area contributed by atoms with E-state index < -0.39 is 0 Å². The van der Waals surface area contributed by atoms with Crippen LogP contribution in [0.5, 0.6) is 5.75 Å². The fourth-order valence-electron chi connectivity index (χ4n) is 2.24. The van der Waals surface area contributed by atoms with E-state index >= 15 is 0 Å². The Morgan fingerprint density at radius 1 is 1.15 bits per heavy atom. The molecule has 0 spiro atoms. The van der Waals surface area contributed by atoms with Crippen LogP contribution in [0.1, 0.15) is 21.5 Å². The van der Waals surface area contributed by atoms with Crippen molar-refractivity contribution in [3.8, 4) is 5.75 Å². The van der Waals surface area contributed by atoms with Crippen LogP contribution in [-0.4, -0.2) is 34.2 Å². The molecule has 0 fully saturated rings. The molecule has 0 saturated heterocycles. The van der Waals surface area contributed by atoms with Gasteiger partial charge in [0.1, 0.15) is 18.7 Å². The van der Waals surface area contributed by atoms with E-state index in [-0.39, 0.29) is 5.91 Å². The lowest BCUT2D eigenvalue weighted by Crippen LogP contribution is -2.28. The van der Waals surface area contributed by atoms with Crippen LogP contribution in [0, 0.1) is 6.92 Å². The van der Waals surface area contributed by atoms with Crippen molar-refractivity contribution in [2.24, 2.45) is 0 Å². The molecule has 0 aliphatic heterocycles. The number of aryl methyl sites for hydroxylation is 1. The highest BCUT2D eigenvalue weighted by Crippen LogP contribution is 2.18. The first-order valence-corrected chi connectivity index (χ1v) is 9.24. The normalized spacial score (nSPS) is 10.5. The third-order valence-electron chi connectivity index (χ3n) is 3.66. The number of hydrogen-bond donors (Lipinski definition) is 2. The number of nitrogens with zero attached hydrogens (tertiary/aromatic N) is 2. The van der Waals surface area contributed by atoms with Gasteiger partial charge >= 0.3 is 0 Å². The quantitative estimate of drug-likeness (QED) is 0.471. The minimum absolute atomic E-state index is 0.105. The standard InChI is InChI=1S/C19H20N4O2S/c1-14-2-8-17(9-3-14)25-11-10-20-18(24)16-6-4-15(5-7-16)12-26-19-21-13-22-23-19/h2-9,13H,10-12H2,1H3,(H,20,24)(H,21,22,23). The van der Waals surface area contributed by atoms with E-state index in [9.17, 15) is 4.79 Å². The van der Waals surface area contributed by atoms with Crippen LogP contribution >= 0.6 is 11.8 Å².